The van der Waals surface area contributed by atoms with Crippen LogP contribution in [0.1, 0.15) is 19.4 Å². The molecule has 0 atom stereocenters. The molecule has 98 valence electrons. The molecule has 0 fully saturated rings. The quantitative estimate of drug-likeness (QED) is 0.758. The van der Waals surface area contributed by atoms with E-state index in [9.17, 15) is 8.42 Å². The van der Waals surface area contributed by atoms with E-state index in [1.54, 1.807) is 24.3 Å². The molecule has 0 heterocycles. The fourth-order valence-electron chi connectivity index (χ4n) is 1.33. The molecule has 0 aliphatic rings. The Balaban J connectivity index is 2.74. The van der Waals surface area contributed by atoms with Crippen molar-refractivity contribution in [3.63, 3.8) is 0 Å². The molecule has 0 aliphatic heterocycles. The second kappa shape index (κ2) is 6.55. The maximum atomic E-state index is 11.7. The minimum Gasteiger partial charge on any atom is -0.310 e. The predicted octanol–water partition coefficient (Wildman–Crippen LogP) is 1.10. The highest BCUT2D eigenvalue weighted by Crippen LogP contribution is 2.10. The lowest BCUT2D eigenvalue weighted by Gasteiger charge is -2.09. The van der Waals surface area contributed by atoms with Crippen LogP contribution in [0.4, 0.5) is 0 Å². The van der Waals surface area contributed by atoms with Gasteiger partial charge >= 0.3 is 0 Å². The molecule has 0 unspecified atom stereocenters. The van der Waals surface area contributed by atoms with E-state index in [-0.39, 0.29) is 11.4 Å². The lowest BCUT2D eigenvalue weighted by atomic mass is 10.2. The zero-order valence-corrected chi connectivity index (χ0v) is 11.4. The molecular weight excluding hydrogens is 248 g/mol. The SMILES string of the molecule is C#CCNS(=O)(=O)c1ccc(CNC(C)C)cc1. The molecule has 5 heteroatoms. The normalized spacial score (nSPS) is 11.4. The monoisotopic (exact) mass is 266 g/mol. The molecule has 1 aromatic carbocycles. The smallest absolute Gasteiger partial charge is 0.241 e. The van der Waals surface area contributed by atoms with E-state index < -0.39 is 10.0 Å². The topological polar surface area (TPSA) is 58.2 Å². The first-order valence-electron chi connectivity index (χ1n) is 5.71. The van der Waals surface area contributed by atoms with Gasteiger partial charge in [0.1, 0.15) is 0 Å². The van der Waals surface area contributed by atoms with Gasteiger partial charge in [-0.25, -0.2) is 8.42 Å². The standard InChI is InChI=1S/C13H18N2O2S/c1-4-9-15-18(16,17)13-7-5-12(6-8-13)10-14-11(2)3/h1,5-8,11,14-15H,9-10H2,2-3H3. The van der Waals surface area contributed by atoms with Gasteiger partial charge < -0.3 is 5.32 Å². The Bertz CT molecular complexity index is 513. The molecule has 2 N–H and O–H groups in total. The largest absolute Gasteiger partial charge is 0.310 e. The van der Waals surface area contributed by atoms with Crippen LogP contribution in [0.3, 0.4) is 0 Å². The molecule has 0 bridgehead atoms. The van der Waals surface area contributed by atoms with Gasteiger partial charge in [-0.1, -0.05) is 31.9 Å². The highest BCUT2D eigenvalue weighted by molar-refractivity contribution is 7.89. The molecule has 1 rings (SSSR count). The first kappa shape index (κ1) is 14.7. The van der Waals surface area contributed by atoms with Crippen LogP contribution in [-0.4, -0.2) is 21.0 Å². The Morgan fingerprint density at radius 2 is 1.89 bits per heavy atom. The van der Waals surface area contributed by atoms with Gasteiger partial charge in [0.05, 0.1) is 11.4 Å². The third kappa shape index (κ3) is 4.49. The van der Waals surface area contributed by atoms with Gasteiger partial charge in [-0.15, -0.1) is 6.42 Å². The second-order valence-corrected chi connectivity index (χ2v) is 5.98. The minimum absolute atomic E-state index is 0.00100. The predicted molar refractivity (Wildman–Crippen MR) is 72.4 cm³/mol. The molecule has 0 aromatic heterocycles. The fraction of sp³-hybridized carbons (Fsp3) is 0.385. The van der Waals surface area contributed by atoms with E-state index in [0.717, 1.165) is 12.1 Å². The third-order valence-corrected chi connectivity index (χ3v) is 3.73. The molecule has 0 saturated heterocycles. The molecular formula is C13H18N2O2S. The van der Waals surface area contributed by atoms with Gasteiger partial charge in [0.2, 0.25) is 10.0 Å². The lowest BCUT2D eigenvalue weighted by molar-refractivity contribution is 0.583. The van der Waals surface area contributed by atoms with E-state index in [1.807, 2.05) is 0 Å². The maximum Gasteiger partial charge on any atom is 0.241 e. The third-order valence-electron chi connectivity index (χ3n) is 2.31. The van der Waals surface area contributed by atoms with Gasteiger partial charge in [-0.05, 0) is 17.7 Å². The van der Waals surface area contributed by atoms with Crippen molar-refractivity contribution in [1.29, 1.82) is 0 Å². The highest BCUT2D eigenvalue weighted by Gasteiger charge is 2.12. The van der Waals surface area contributed by atoms with Crippen molar-refractivity contribution in [2.75, 3.05) is 6.54 Å². The van der Waals surface area contributed by atoms with Crippen LogP contribution in [0.15, 0.2) is 29.2 Å². The molecule has 1 aromatic rings. The molecule has 0 saturated carbocycles. The van der Waals surface area contributed by atoms with Crippen molar-refractivity contribution in [3.8, 4) is 12.3 Å². The second-order valence-electron chi connectivity index (χ2n) is 4.21. The van der Waals surface area contributed by atoms with Gasteiger partial charge in [0, 0.05) is 12.6 Å². The molecule has 0 spiro atoms. The highest BCUT2D eigenvalue weighted by atomic mass is 32.2. The summed E-state index contributed by atoms with van der Waals surface area (Å²) in [6.07, 6.45) is 5.02. The van der Waals surface area contributed by atoms with E-state index in [4.69, 9.17) is 6.42 Å². The van der Waals surface area contributed by atoms with Crippen LogP contribution < -0.4 is 10.0 Å². The van der Waals surface area contributed by atoms with Crippen molar-refractivity contribution in [2.45, 2.75) is 31.3 Å². The number of benzene rings is 1. The summed E-state index contributed by atoms with van der Waals surface area (Å²) >= 11 is 0. The molecule has 0 amide bonds. The Morgan fingerprint density at radius 3 is 2.39 bits per heavy atom. The zero-order chi connectivity index (χ0) is 13.6. The van der Waals surface area contributed by atoms with E-state index in [1.165, 1.54) is 0 Å². The van der Waals surface area contributed by atoms with Gasteiger partial charge in [-0.2, -0.15) is 4.72 Å². The van der Waals surface area contributed by atoms with Crippen LogP contribution >= 0.6 is 0 Å². The average molecular weight is 266 g/mol. The van der Waals surface area contributed by atoms with E-state index in [2.05, 4.69) is 29.8 Å². The molecule has 18 heavy (non-hydrogen) atoms. The summed E-state index contributed by atoms with van der Waals surface area (Å²) < 4.78 is 25.8. The number of terminal acetylenes is 1. The van der Waals surface area contributed by atoms with Gasteiger partial charge in [-0.3, -0.25) is 0 Å². The van der Waals surface area contributed by atoms with Crippen molar-refractivity contribution in [3.05, 3.63) is 29.8 Å². The fourth-order valence-corrected chi connectivity index (χ4v) is 2.26. The number of rotatable bonds is 6. The summed E-state index contributed by atoms with van der Waals surface area (Å²) in [7, 11) is -3.48. The Labute approximate surface area is 109 Å². The van der Waals surface area contributed by atoms with Crippen molar-refractivity contribution >= 4 is 10.0 Å². The Hall–Kier alpha value is -1.35. The average Bonchev–Trinajstić information content (AvgIpc) is 2.34. The van der Waals surface area contributed by atoms with Gasteiger partial charge in [0.15, 0.2) is 0 Å². The summed E-state index contributed by atoms with van der Waals surface area (Å²) in [4.78, 5) is 0.228. The number of hydrogen-bond donors (Lipinski definition) is 2. The summed E-state index contributed by atoms with van der Waals surface area (Å²) in [5.74, 6) is 2.24. The lowest BCUT2D eigenvalue weighted by Crippen LogP contribution is -2.24. The Morgan fingerprint density at radius 1 is 1.28 bits per heavy atom. The summed E-state index contributed by atoms with van der Waals surface area (Å²) in [6, 6.07) is 7.14. The van der Waals surface area contributed by atoms with Crippen LogP contribution in [0.5, 0.6) is 0 Å². The number of sulfonamides is 1. The summed E-state index contributed by atoms with van der Waals surface area (Å²) in [5, 5.41) is 3.26. The maximum absolute atomic E-state index is 11.7. The van der Waals surface area contributed by atoms with Crippen LogP contribution in [0.25, 0.3) is 0 Å². The van der Waals surface area contributed by atoms with Crippen LogP contribution in [0, 0.1) is 12.3 Å². The van der Waals surface area contributed by atoms with E-state index in [0.29, 0.717) is 6.04 Å². The molecule has 0 radical (unpaired) electrons. The van der Waals surface area contributed by atoms with Crippen LogP contribution in [0.2, 0.25) is 0 Å². The van der Waals surface area contributed by atoms with Crippen molar-refractivity contribution in [1.82, 2.24) is 10.0 Å². The van der Waals surface area contributed by atoms with Gasteiger partial charge in [0.25, 0.3) is 0 Å². The number of hydrogen-bond acceptors (Lipinski definition) is 3. The number of nitrogens with one attached hydrogen (secondary N) is 2. The summed E-state index contributed by atoms with van der Waals surface area (Å²) in [6.45, 7) is 4.83. The first-order chi connectivity index (χ1) is 8.45. The first-order valence-corrected chi connectivity index (χ1v) is 7.19. The molecule has 0 aliphatic carbocycles. The summed E-state index contributed by atoms with van der Waals surface area (Å²) in [5.41, 5.74) is 1.04. The van der Waals surface area contributed by atoms with Crippen molar-refractivity contribution < 1.29 is 8.42 Å². The molecule has 4 nitrogen and oxygen atoms in total. The van der Waals surface area contributed by atoms with Crippen LogP contribution in [-0.2, 0) is 16.6 Å². The van der Waals surface area contributed by atoms with E-state index >= 15 is 0 Å². The van der Waals surface area contributed by atoms with Crippen molar-refractivity contribution in [2.24, 2.45) is 0 Å². The Kier molecular flexibility index (Phi) is 5.35. The zero-order valence-electron chi connectivity index (χ0n) is 10.6. The minimum atomic E-state index is -3.48.